The standard InChI is InChI=1S/C30H37N3O2/c1-20-11-13-22(14-12-20)29-28-24(16-30(3,4)17-26(28)34)31-23-9-5-6-10-25(23)33(29)19-27(35)32-15-7-8-21(2)18-32/h5-6,9-14,21,29,31H,7-8,15-19H2,1-4H3. The Bertz CT molecular complexity index is 1160. The van der Waals surface area contributed by atoms with Crippen LogP contribution in [0.4, 0.5) is 11.4 Å². The van der Waals surface area contributed by atoms with Crippen LogP contribution in [-0.2, 0) is 9.59 Å². The molecule has 2 aromatic rings. The fraction of sp³-hybridized carbons (Fsp3) is 0.467. The highest BCUT2D eigenvalue weighted by atomic mass is 16.2. The molecule has 5 nitrogen and oxygen atoms in total. The largest absolute Gasteiger partial charge is 0.357 e. The van der Waals surface area contributed by atoms with Crippen molar-refractivity contribution in [1.29, 1.82) is 0 Å². The van der Waals surface area contributed by atoms with E-state index in [9.17, 15) is 9.59 Å². The molecular formula is C30H37N3O2. The van der Waals surface area contributed by atoms with Gasteiger partial charge in [0.2, 0.25) is 5.91 Å². The zero-order chi connectivity index (χ0) is 24.7. The van der Waals surface area contributed by atoms with E-state index in [1.165, 1.54) is 12.0 Å². The fourth-order valence-corrected chi connectivity index (χ4v) is 5.98. The minimum atomic E-state index is -0.309. The Morgan fingerprint density at radius 1 is 1.09 bits per heavy atom. The number of aryl methyl sites for hydroxylation is 1. The van der Waals surface area contributed by atoms with E-state index in [0.717, 1.165) is 54.1 Å². The van der Waals surface area contributed by atoms with Crippen molar-refractivity contribution in [2.45, 2.75) is 59.4 Å². The van der Waals surface area contributed by atoms with Crippen LogP contribution < -0.4 is 10.2 Å². The Labute approximate surface area is 209 Å². The highest BCUT2D eigenvalue weighted by Crippen LogP contribution is 2.48. The average molecular weight is 472 g/mol. The monoisotopic (exact) mass is 471 g/mol. The van der Waals surface area contributed by atoms with Crippen LogP contribution in [0.25, 0.3) is 0 Å². The molecule has 0 aromatic heterocycles. The van der Waals surface area contributed by atoms with Crippen LogP contribution in [0.2, 0.25) is 0 Å². The van der Waals surface area contributed by atoms with Crippen LogP contribution in [0, 0.1) is 18.3 Å². The number of para-hydroxylation sites is 2. The number of nitrogens with zero attached hydrogens (tertiary/aromatic N) is 2. The summed E-state index contributed by atoms with van der Waals surface area (Å²) >= 11 is 0. The molecule has 5 heteroatoms. The lowest BCUT2D eigenvalue weighted by Gasteiger charge is -2.39. The van der Waals surface area contributed by atoms with Gasteiger partial charge in [0.1, 0.15) is 0 Å². The average Bonchev–Trinajstić information content (AvgIpc) is 2.93. The molecule has 0 bridgehead atoms. The topological polar surface area (TPSA) is 52.7 Å². The molecular weight excluding hydrogens is 434 g/mol. The number of hydrogen-bond acceptors (Lipinski definition) is 4. The number of piperidine rings is 1. The molecule has 0 saturated carbocycles. The van der Waals surface area contributed by atoms with E-state index in [4.69, 9.17) is 0 Å². The second kappa shape index (κ2) is 9.18. The maximum Gasteiger partial charge on any atom is 0.242 e. The Hall–Kier alpha value is -3.08. The molecule has 3 aliphatic rings. The quantitative estimate of drug-likeness (QED) is 0.608. The summed E-state index contributed by atoms with van der Waals surface area (Å²) in [6.45, 7) is 10.5. The molecule has 0 spiro atoms. The highest BCUT2D eigenvalue weighted by molar-refractivity contribution is 6.01. The number of rotatable bonds is 3. The van der Waals surface area contributed by atoms with Gasteiger partial charge in [-0.25, -0.2) is 0 Å². The van der Waals surface area contributed by atoms with Gasteiger partial charge in [0.05, 0.1) is 24.0 Å². The lowest BCUT2D eigenvalue weighted by Crippen LogP contribution is -2.46. The molecule has 2 aromatic carbocycles. The summed E-state index contributed by atoms with van der Waals surface area (Å²) in [5.41, 5.74) is 5.85. The Morgan fingerprint density at radius 3 is 2.57 bits per heavy atom. The van der Waals surface area contributed by atoms with E-state index < -0.39 is 0 Å². The molecule has 35 heavy (non-hydrogen) atoms. The molecule has 184 valence electrons. The summed E-state index contributed by atoms with van der Waals surface area (Å²) in [4.78, 5) is 31.6. The van der Waals surface area contributed by atoms with Crippen LogP contribution in [-0.4, -0.2) is 36.2 Å². The molecule has 1 saturated heterocycles. The summed E-state index contributed by atoms with van der Waals surface area (Å²) in [6, 6.07) is 16.3. The van der Waals surface area contributed by atoms with Gasteiger partial charge in [-0.15, -0.1) is 0 Å². The van der Waals surface area contributed by atoms with Gasteiger partial charge in [-0.1, -0.05) is 62.7 Å². The number of hydrogen-bond donors (Lipinski definition) is 1. The van der Waals surface area contributed by atoms with Crippen molar-refractivity contribution in [2.24, 2.45) is 11.3 Å². The summed E-state index contributed by atoms with van der Waals surface area (Å²) in [5, 5.41) is 3.64. The number of fused-ring (bicyclic) bond motifs is 1. The normalized spacial score (nSPS) is 23.8. The first-order chi connectivity index (χ1) is 16.7. The lowest BCUT2D eigenvalue weighted by atomic mass is 9.73. The number of anilines is 2. The minimum Gasteiger partial charge on any atom is -0.357 e. The molecule has 1 aliphatic carbocycles. The number of carbonyl (C=O) groups is 2. The predicted molar refractivity (Wildman–Crippen MR) is 141 cm³/mol. The fourth-order valence-electron chi connectivity index (χ4n) is 5.98. The first-order valence-corrected chi connectivity index (χ1v) is 13.0. The third-order valence-electron chi connectivity index (χ3n) is 7.71. The van der Waals surface area contributed by atoms with E-state index >= 15 is 0 Å². The van der Waals surface area contributed by atoms with Gasteiger partial charge in [-0.2, -0.15) is 0 Å². The third-order valence-corrected chi connectivity index (χ3v) is 7.71. The number of nitrogens with one attached hydrogen (secondary N) is 1. The first kappa shape index (κ1) is 23.7. The van der Waals surface area contributed by atoms with Crippen molar-refractivity contribution < 1.29 is 9.59 Å². The summed E-state index contributed by atoms with van der Waals surface area (Å²) in [5.74, 6) is 0.831. The van der Waals surface area contributed by atoms with Gasteiger partial charge in [0.15, 0.2) is 5.78 Å². The molecule has 0 radical (unpaired) electrons. The zero-order valence-corrected chi connectivity index (χ0v) is 21.4. The van der Waals surface area contributed by atoms with Gasteiger partial charge in [0.25, 0.3) is 0 Å². The summed E-state index contributed by atoms with van der Waals surface area (Å²) < 4.78 is 0. The van der Waals surface area contributed by atoms with Crippen molar-refractivity contribution in [3.63, 3.8) is 0 Å². The third kappa shape index (κ3) is 4.73. The first-order valence-electron chi connectivity index (χ1n) is 13.0. The SMILES string of the molecule is Cc1ccc(C2C3=C(CC(C)(C)CC3=O)Nc3ccccc3N2CC(=O)N2CCCC(C)C2)cc1. The van der Waals surface area contributed by atoms with Gasteiger partial charge in [-0.05, 0) is 55.2 Å². The van der Waals surface area contributed by atoms with E-state index in [1.54, 1.807) is 0 Å². The molecule has 5 rings (SSSR count). The Kier molecular flexibility index (Phi) is 6.20. The Balaban J connectivity index is 1.64. The predicted octanol–water partition coefficient (Wildman–Crippen LogP) is 5.87. The smallest absolute Gasteiger partial charge is 0.242 e. The molecule has 1 fully saturated rings. The van der Waals surface area contributed by atoms with Crippen LogP contribution >= 0.6 is 0 Å². The zero-order valence-electron chi connectivity index (χ0n) is 21.4. The minimum absolute atomic E-state index is 0.107. The van der Waals surface area contributed by atoms with E-state index in [2.05, 4.69) is 74.3 Å². The number of amides is 1. The molecule has 2 heterocycles. The maximum atomic E-state index is 13.8. The summed E-state index contributed by atoms with van der Waals surface area (Å²) in [6.07, 6.45) is 3.54. The molecule has 2 unspecified atom stereocenters. The van der Waals surface area contributed by atoms with Crippen molar-refractivity contribution in [3.8, 4) is 0 Å². The number of benzene rings is 2. The molecule has 1 amide bonds. The maximum absolute atomic E-state index is 13.8. The van der Waals surface area contributed by atoms with Gasteiger partial charge in [0, 0.05) is 30.8 Å². The van der Waals surface area contributed by atoms with Crippen LogP contribution in [0.5, 0.6) is 0 Å². The van der Waals surface area contributed by atoms with E-state index in [-0.39, 0.29) is 29.7 Å². The van der Waals surface area contributed by atoms with Crippen molar-refractivity contribution >= 4 is 23.1 Å². The number of allylic oxidation sites excluding steroid dienone is 1. The second-order valence-electron chi connectivity index (χ2n) is 11.5. The van der Waals surface area contributed by atoms with Crippen molar-refractivity contribution in [1.82, 2.24) is 4.90 Å². The van der Waals surface area contributed by atoms with Crippen LogP contribution in [0.3, 0.4) is 0 Å². The van der Waals surface area contributed by atoms with E-state index in [1.807, 2.05) is 17.0 Å². The summed E-state index contributed by atoms with van der Waals surface area (Å²) in [7, 11) is 0. The van der Waals surface area contributed by atoms with Crippen LogP contribution in [0.15, 0.2) is 59.8 Å². The Morgan fingerprint density at radius 2 is 1.83 bits per heavy atom. The molecule has 2 atom stereocenters. The van der Waals surface area contributed by atoms with Gasteiger partial charge >= 0.3 is 0 Å². The van der Waals surface area contributed by atoms with Crippen molar-refractivity contribution in [3.05, 3.63) is 70.9 Å². The van der Waals surface area contributed by atoms with Gasteiger partial charge in [-0.3, -0.25) is 9.59 Å². The molecule has 1 N–H and O–H groups in total. The van der Waals surface area contributed by atoms with E-state index in [0.29, 0.717) is 12.3 Å². The lowest BCUT2D eigenvalue weighted by molar-refractivity contribution is -0.131. The van der Waals surface area contributed by atoms with Crippen molar-refractivity contribution in [2.75, 3.05) is 29.9 Å². The number of carbonyl (C=O) groups excluding carboxylic acids is 2. The number of ketones is 1. The number of Topliss-reactive ketones (excluding diaryl/α,β-unsaturated/α-hetero) is 1. The number of likely N-dealkylation sites (tertiary alicyclic amines) is 1. The second-order valence-corrected chi connectivity index (χ2v) is 11.5. The van der Waals surface area contributed by atoms with Gasteiger partial charge < -0.3 is 15.1 Å². The molecule has 2 aliphatic heterocycles. The van der Waals surface area contributed by atoms with Crippen LogP contribution in [0.1, 0.15) is 63.6 Å². The highest BCUT2D eigenvalue weighted by Gasteiger charge is 2.42.